The minimum atomic E-state index is 0.488. The topological polar surface area (TPSA) is 35.2 Å². The van der Waals surface area contributed by atoms with Crippen molar-refractivity contribution >= 4 is 0 Å². The van der Waals surface area contributed by atoms with Gasteiger partial charge in [0.05, 0.1) is 0 Å². The fourth-order valence-electron chi connectivity index (χ4n) is 5.35. The van der Waals surface area contributed by atoms with E-state index in [1.807, 2.05) is 12.1 Å². The van der Waals surface area contributed by atoms with Gasteiger partial charge in [-0.15, -0.1) is 0 Å². The zero-order valence-electron chi connectivity index (χ0n) is 10.8. The van der Waals surface area contributed by atoms with Crippen LogP contribution in [0.4, 0.5) is 0 Å². The molecule has 4 saturated carbocycles. The molecule has 0 atom stereocenters. The highest BCUT2D eigenvalue weighted by Gasteiger charge is 2.51. The van der Waals surface area contributed by atoms with Gasteiger partial charge in [-0.2, -0.15) is 5.90 Å². The second kappa shape index (κ2) is 3.74. The largest absolute Gasteiger partial charge is 0.412 e. The van der Waals surface area contributed by atoms with Crippen molar-refractivity contribution in [3.63, 3.8) is 0 Å². The molecule has 18 heavy (non-hydrogen) atoms. The van der Waals surface area contributed by atoms with E-state index in [2.05, 4.69) is 12.1 Å². The summed E-state index contributed by atoms with van der Waals surface area (Å²) < 4.78 is 0. The molecule has 5 rings (SSSR count). The van der Waals surface area contributed by atoms with Crippen LogP contribution in [0.1, 0.15) is 44.1 Å². The van der Waals surface area contributed by atoms with Gasteiger partial charge in [0.15, 0.2) is 0 Å². The van der Waals surface area contributed by atoms with Crippen molar-refractivity contribution in [3.05, 3.63) is 29.8 Å². The summed E-state index contributed by atoms with van der Waals surface area (Å²) in [5.41, 5.74) is 2.02. The van der Waals surface area contributed by atoms with Crippen LogP contribution in [0.2, 0.25) is 0 Å². The number of hydrogen-bond acceptors (Lipinski definition) is 2. The van der Waals surface area contributed by atoms with Gasteiger partial charge >= 0.3 is 0 Å². The molecule has 0 saturated heterocycles. The molecule has 0 spiro atoms. The van der Waals surface area contributed by atoms with Crippen molar-refractivity contribution in [2.24, 2.45) is 23.7 Å². The molecule has 0 unspecified atom stereocenters. The molecule has 2 nitrogen and oxygen atoms in total. The molecule has 2 N–H and O–H groups in total. The van der Waals surface area contributed by atoms with Gasteiger partial charge in [0.1, 0.15) is 5.75 Å². The molecule has 96 valence electrons. The van der Waals surface area contributed by atoms with Crippen molar-refractivity contribution in [2.75, 3.05) is 0 Å². The smallest absolute Gasteiger partial charge is 0.146 e. The zero-order valence-corrected chi connectivity index (χ0v) is 10.8. The molecule has 4 aliphatic carbocycles. The van der Waals surface area contributed by atoms with Gasteiger partial charge in [0, 0.05) is 0 Å². The molecule has 4 fully saturated rings. The van der Waals surface area contributed by atoms with Crippen LogP contribution in [-0.2, 0) is 5.41 Å². The normalized spacial score (nSPS) is 41.1. The Bertz CT molecular complexity index is 415. The Morgan fingerprint density at radius 2 is 1.39 bits per heavy atom. The third-order valence-electron chi connectivity index (χ3n) is 5.64. The van der Waals surface area contributed by atoms with Crippen LogP contribution in [-0.4, -0.2) is 0 Å². The van der Waals surface area contributed by atoms with E-state index >= 15 is 0 Å². The molecule has 1 aromatic carbocycles. The van der Waals surface area contributed by atoms with Crippen molar-refractivity contribution in [1.29, 1.82) is 0 Å². The highest BCUT2D eigenvalue weighted by Crippen LogP contribution is 2.60. The summed E-state index contributed by atoms with van der Waals surface area (Å²) in [6, 6.07) is 8.53. The highest BCUT2D eigenvalue weighted by atomic mass is 16.6. The van der Waals surface area contributed by atoms with Gasteiger partial charge in [0.25, 0.3) is 0 Å². The molecule has 1 aromatic rings. The highest BCUT2D eigenvalue weighted by molar-refractivity contribution is 5.34. The lowest BCUT2D eigenvalue weighted by Gasteiger charge is -2.57. The van der Waals surface area contributed by atoms with Crippen LogP contribution in [0.15, 0.2) is 24.3 Å². The van der Waals surface area contributed by atoms with Gasteiger partial charge in [-0.3, -0.25) is 0 Å². The maximum absolute atomic E-state index is 5.21. The van der Waals surface area contributed by atoms with Crippen molar-refractivity contribution in [2.45, 2.75) is 43.9 Å². The Kier molecular flexibility index (Phi) is 2.25. The first-order valence-corrected chi connectivity index (χ1v) is 7.25. The van der Waals surface area contributed by atoms with Crippen molar-refractivity contribution < 1.29 is 4.84 Å². The average Bonchev–Trinajstić information content (AvgIpc) is 2.37. The predicted octanol–water partition coefficient (Wildman–Crippen LogP) is 3.41. The summed E-state index contributed by atoms with van der Waals surface area (Å²) >= 11 is 0. The van der Waals surface area contributed by atoms with Gasteiger partial charge in [-0.25, -0.2) is 0 Å². The summed E-state index contributed by atoms with van der Waals surface area (Å²) in [6.45, 7) is 0. The Hall–Kier alpha value is -1.02. The maximum Gasteiger partial charge on any atom is 0.146 e. The minimum absolute atomic E-state index is 0.488. The molecular formula is C16H21NO. The van der Waals surface area contributed by atoms with E-state index in [0.29, 0.717) is 5.41 Å². The fourth-order valence-corrected chi connectivity index (χ4v) is 5.35. The van der Waals surface area contributed by atoms with E-state index < -0.39 is 0 Å². The summed E-state index contributed by atoms with van der Waals surface area (Å²) in [4.78, 5) is 4.79. The van der Waals surface area contributed by atoms with Crippen LogP contribution in [0.5, 0.6) is 5.75 Å². The standard InChI is InChI=1S/C16H21NO/c17-18-15-3-1-14(2-4-15)16-8-11-5-12(9-16)7-13(6-11)10-16/h1-4,11-13H,5-10,17H2. The van der Waals surface area contributed by atoms with Gasteiger partial charge in [0.2, 0.25) is 0 Å². The van der Waals surface area contributed by atoms with Crippen LogP contribution >= 0.6 is 0 Å². The first-order chi connectivity index (χ1) is 8.77. The third-order valence-corrected chi connectivity index (χ3v) is 5.64. The molecule has 0 aromatic heterocycles. The Morgan fingerprint density at radius 1 is 0.889 bits per heavy atom. The number of hydrogen-bond donors (Lipinski definition) is 1. The summed E-state index contributed by atoms with van der Waals surface area (Å²) in [5.74, 6) is 8.98. The molecule has 4 bridgehead atoms. The van der Waals surface area contributed by atoms with Crippen LogP contribution < -0.4 is 10.7 Å². The van der Waals surface area contributed by atoms with E-state index in [1.54, 1.807) is 0 Å². The van der Waals surface area contributed by atoms with Gasteiger partial charge in [-0.1, -0.05) is 12.1 Å². The molecule has 0 amide bonds. The lowest BCUT2D eigenvalue weighted by molar-refractivity contribution is -0.00520. The molecule has 0 aliphatic heterocycles. The van der Waals surface area contributed by atoms with E-state index in [9.17, 15) is 0 Å². The predicted molar refractivity (Wildman–Crippen MR) is 71.1 cm³/mol. The number of nitrogens with two attached hydrogens (primary N) is 1. The lowest BCUT2D eigenvalue weighted by Crippen LogP contribution is -2.48. The first kappa shape index (κ1) is 10.9. The first-order valence-electron chi connectivity index (χ1n) is 7.25. The van der Waals surface area contributed by atoms with E-state index in [0.717, 1.165) is 23.5 Å². The van der Waals surface area contributed by atoms with Crippen LogP contribution in [0.3, 0.4) is 0 Å². The zero-order chi connectivity index (χ0) is 12.2. The van der Waals surface area contributed by atoms with Gasteiger partial charge < -0.3 is 4.84 Å². The molecular weight excluding hydrogens is 222 g/mol. The SMILES string of the molecule is NOc1ccc(C23CC4CC(CC(C4)C2)C3)cc1. The minimum Gasteiger partial charge on any atom is -0.412 e. The third kappa shape index (κ3) is 1.51. The van der Waals surface area contributed by atoms with E-state index in [-0.39, 0.29) is 0 Å². The molecule has 4 aliphatic rings. The van der Waals surface area contributed by atoms with Crippen LogP contribution in [0.25, 0.3) is 0 Å². The van der Waals surface area contributed by atoms with Crippen molar-refractivity contribution in [3.8, 4) is 5.75 Å². The summed E-state index contributed by atoms with van der Waals surface area (Å²) in [7, 11) is 0. The Morgan fingerprint density at radius 3 is 1.83 bits per heavy atom. The second-order valence-electron chi connectivity index (χ2n) is 6.84. The molecule has 0 heterocycles. The quantitative estimate of drug-likeness (QED) is 0.808. The maximum atomic E-state index is 5.21. The number of benzene rings is 1. The summed E-state index contributed by atoms with van der Waals surface area (Å²) in [5, 5.41) is 0. The lowest BCUT2D eigenvalue weighted by atomic mass is 9.48. The number of rotatable bonds is 2. The van der Waals surface area contributed by atoms with E-state index in [4.69, 9.17) is 10.7 Å². The Labute approximate surface area is 108 Å². The molecule has 2 heteroatoms. The average molecular weight is 243 g/mol. The van der Waals surface area contributed by atoms with Gasteiger partial charge in [-0.05, 0) is 79.4 Å². The monoisotopic (exact) mass is 243 g/mol. The summed E-state index contributed by atoms with van der Waals surface area (Å²) in [6.07, 6.45) is 8.77. The van der Waals surface area contributed by atoms with Crippen molar-refractivity contribution in [1.82, 2.24) is 0 Å². The fraction of sp³-hybridized carbons (Fsp3) is 0.625. The Balaban J connectivity index is 1.70. The molecule has 0 radical (unpaired) electrons. The van der Waals surface area contributed by atoms with E-state index in [1.165, 1.54) is 44.1 Å². The second-order valence-corrected chi connectivity index (χ2v) is 6.84. The van der Waals surface area contributed by atoms with Crippen LogP contribution in [0, 0.1) is 17.8 Å².